The summed E-state index contributed by atoms with van der Waals surface area (Å²) in [4.78, 5) is 10.0. The maximum atomic E-state index is 13.0. The average molecular weight is 419 g/mol. The Bertz CT molecular complexity index is 906. The lowest BCUT2D eigenvalue weighted by Gasteiger charge is -2.32. The van der Waals surface area contributed by atoms with Crippen molar-refractivity contribution in [3.8, 4) is 5.75 Å². The van der Waals surface area contributed by atoms with Crippen LogP contribution in [0.1, 0.15) is 35.6 Å². The molecule has 0 bridgehead atoms. The highest BCUT2D eigenvalue weighted by atomic mass is 19.4. The van der Waals surface area contributed by atoms with Gasteiger partial charge in [-0.05, 0) is 61.7 Å². The van der Waals surface area contributed by atoms with E-state index in [1.807, 2.05) is 12.1 Å². The number of halogens is 3. The summed E-state index contributed by atoms with van der Waals surface area (Å²) < 4.78 is 39.1. The van der Waals surface area contributed by atoms with Gasteiger partial charge in [0.2, 0.25) is 0 Å². The molecule has 0 saturated carbocycles. The molecule has 2 heterocycles. The molecule has 6 nitrogen and oxygen atoms in total. The van der Waals surface area contributed by atoms with Crippen LogP contribution in [0.25, 0.3) is 0 Å². The summed E-state index contributed by atoms with van der Waals surface area (Å²) >= 11 is 0. The summed E-state index contributed by atoms with van der Waals surface area (Å²) in [5.74, 6) is 6.10. The standard InChI is InChI=1S/C21H24F3N5O/c22-21(23,24)19-5-2-8-27-20(19)13-26-12-17(28-25)14-29-9-6-15(7-10-29)16-3-1-4-18(30)11-16/h1-5,8,11-12,15,30H,6-7,9-10,13-14,25H2. The highest BCUT2D eigenvalue weighted by Gasteiger charge is 2.33. The maximum absolute atomic E-state index is 13.0. The molecule has 3 rings (SSSR count). The molecule has 1 aromatic heterocycles. The number of phenols is 1. The third-order valence-corrected chi connectivity index (χ3v) is 5.16. The molecule has 2 aromatic rings. The van der Waals surface area contributed by atoms with Gasteiger partial charge in [-0.15, -0.1) is 0 Å². The van der Waals surface area contributed by atoms with E-state index in [-0.39, 0.29) is 18.0 Å². The molecule has 1 fully saturated rings. The van der Waals surface area contributed by atoms with Gasteiger partial charge in [0.25, 0.3) is 0 Å². The molecule has 160 valence electrons. The van der Waals surface area contributed by atoms with Gasteiger partial charge in [-0.1, -0.05) is 12.1 Å². The molecule has 9 heteroatoms. The number of nitrogens with two attached hydrogens (primary N) is 1. The molecular formula is C21H24F3N5O. The molecule has 30 heavy (non-hydrogen) atoms. The monoisotopic (exact) mass is 419 g/mol. The molecule has 3 N–H and O–H groups in total. The van der Waals surface area contributed by atoms with Crippen molar-refractivity contribution in [1.82, 2.24) is 9.88 Å². The Balaban J connectivity index is 1.53. The van der Waals surface area contributed by atoms with E-state index in [9.17, 15) is 18.3 Å². The lowest BCUT2D eigenvalue weighted by atomic mass is 9.89. The van der Waals surface area contributed by atoms with Crippen LogP contribution in [0, 0.1) is 0 Å². The van der Waals surface area contributed by atoms with Crippen molar-refractivity contribution < 1.29 is 18.3 Å². The minimum Gasteiger partial charge on any atom is -0.508 e. The molecule has 1 saturated heterocycles. The van der Waals surface area contributed by atoms with Crippen molar-refractivity contribution in [2.45, 2.75) is 31.5 Å². The number of hydrazone groups is 1. The molecule has 1 aliphatic heterocycles. The van der Waals surface area contributed by atoms with Crippen molar-refractivity contribution >= 4 is 11.9 Å². The summed E-state index contributed by atoms with van der Waals surface area (Å²) in [5.41, 5.74) is 0.696. The first-order valence-corrected chi connectivity index (χ1v) is 9.65. The van der Waals surface area contributed by atoms with E-state index >= 15 is 0 Å². The van der Waals surface area contributed by atoms with E-state index in [0.717, 1.165) is 37.6 Å². The van der Waals surface area contributed by atoms with Crippen molar-refractivity contribution in [2.24, 2.45) is 15.9 Å². The van der Waals surface area contributed by atoms with Crippen molar-refractivity contribution in [1.29, 1.82) is 0 Å². The molecule has 0 atom stereocenters. The van der Waals surface area contributed by atoms with Gasteiger partial charge in [0.1, 0.15) is 5.75 Å². The van der Waals surface area contributed by atoms with Crippen LogP contribution in [0.15, 0.2) is 52.7 Å². The fourth-order valence-corrected chi connectivity index (χ4v) is 3.61. The number of hydrogen-bond acceptors (Lipinski definition) is 6. The average Bonchev–Trinajstić information content (AvgIpc) is 2.73. The summed E-state index contributed by atoms with van der Waals surface area (Å²) in [6.07, 6.45) is 0.122. The lowest BCUT2D eigenvalue weighted by Crippen LogP contribution is -2.37. The first-order chi connectivity index (χ1) is 14.4. The predicted octanol–water partition coefficient (Wildman–Crippen LogP) is 3.57. The first-order valence-electron chi connectivity index (χ1n) is 9.65. The zero-order chi connectivity index (χ0) is 21.6. The van der Waals surface area contributed by atoms with Gasteiger partial charge in [0.15, 0.2) is 0 Å². The number of phenolic OH excluding ortho intramolecular Hbond substituents is 1. The van der Waals surface area contributed by atoms with Crippen LogP contribution < -0.4 is 5.84 Å². The number of aromatic hydroxyl groups is 1. The van der Waals surface area contributed by atoms with Gasteiger partial charge in [0.05, 0.1) is 23.5 Å². The van der Waals surface area contributed by atoms with E-state index < -0.39 is 11.7 Å². The lowest BCUT2D eigenvalue weighted by molar-refractivity contribution is -0.138. The number of benzene rings is 1. The zero-order valence-electron chi connectivity index (χ0n) is 16.4. The second-order valence-electron chi connectivity index (χ2n) is 7.23. The molecule has 0 unspecified atom stereocenters. The quantitative estimate of drug-likeness (QED) is 0.426. The molecule has 0 radical (unpaired) electrons. The van der Waals surface area contributed by atoms with Crippen LogP contribution in [0.3, 0.4) is 0 Å². The van der Waals surface area contributed by atoms with Crippen LogP contribution in [0.4, 0.5) is 13.2 Å². The number of hydrogen-bond donors (Lipinski definition) is 2. The van der Waals surface area contributed by atoms with Gasteiger partial charge in [0, 0.05) is 19.0 Å². The molecular weight excluding hydrogens is 395 g/mol. The molecule has 0 aliphatic carbocycles. The second kappa shape index (κ2) is 9.71. The molecule has 0 amide bonds. The molecule has 1 aliphatic rings. The Hall–Kier alpha value is -2.94. The minimum atomic E-state index is -4.47. The Morgan fingerprint density at radius 2 is 2.00 bits per heavy atom. The highest BCUT2D eigenvalue weighted by molar-refractivity contribution is 6.31. The van der Waals surface area contributed by atoms with Gasteiger partial charge in [-0.3, -0.25) is 14.9 Å². The smallest absolute Gasteiger partial charge is 0.418 e. The van der Waals surface area contributed by atoms with E-state index in [4.69, 9.17) is 5.84 Å². The van der Waals surface area contributed by atoms with Gasteiger partial charge in [-0.2, -0.15) is 18.3 Å². The largest absolute Gasteiger partial charge is 0.508 e. The zero-order valence-corrected chi connectivity index (χ0v) is 16.4. The van der Waals surface area contributed by atoms with Crippen LogP contribution in [0.2, 0.25) is 0 Å². The maximum Gasteiger partial charge on any atom is 0.418 e. The summed E-state index contributed by atoms with van der Waals surface area (Å²) in [6.45, 7) is 1.92. The van der Waals surface area contributed by atoms with Crippen LogP contribution >= 0.6 is 0 Å². The third kappa shape index (κ3) is 5.79. The summed E-state index contributed by atoms with van der Waals surface area (Å²) in [5, 5.41) is 13.4. The number of pyridine rings is 1. The normalized spacial score (nSPS) is 17.0. The number of alkyl halides is 3. The minimum absolute atomic E-state index is 0.135. The second-order valence-corrected chi connectivity index (χ2v) is 7.23. The van der Waals surface area contributed by atoms with E-state index in [2.05, 4.69) is 20.0 Å². The number of rotatable bonds is 6. The fraction of sp³-hybridized carbons (Fsp3) is 0.381. The third-order valence-electron chi connectivity index (χ3n) is 5.16. The summed E-state index contributed by atoms with van der Waals surface area (Å²) in [7, 11) is 0. The number of aromatic nitrogens is 1. The predicted molar refractivity (Wildman–Crippen MR) is 110 cm³/mol. The van der Waals surface area contributed by atoms with E-state index in [1.165, 1.54) is 18.5 Å². The number of likely N-dealkylation sites (tertiary alicyclic amines) is 1. The Morgan fingerprint density at radius 3 is 2.67 bits per heavy atom. The van der Waals surface area contributed by atoms with Crippen LogP contribution in [-0.4, -0.2) is 46.6 Å². The Morgan fingerprint density at radius 1 is 1.23 bits per heavy atom. The molecule has 0 spiro atoms. The Kier molecular flexibility index (Phi) is 7.04. The number of nitrogens with zero attached hydrogens (tertiary/aromatic N) is 4. The van der Waals surface area contributed by atoms with Crippen molar-refractivity contribution in [3.05, 3.63) is 59.4 Å². The first kappa shape index (κ1) is 21.8. The van der Waals surface area contributed by atoms with Crippen molar-refractivity contribution in [2.75, 3.05) is 19.6 Å². The van der Waals surface area contributed by atoms with Gasteiger partial charge >= 0.3 is 6.18 Å². The summed E-state index contributed by atoms with van der Waals surface area (Å²) in [6, 6.07) is 9.57. The van der Waals surface area contributed by atoms with E-state index in [0.29, 0.717) is 18.2 Å². The van der Waals surface area contributed by atoms with Crippen LogP contribution in [-0.2, 0) is 12.7 Å². The number of aliphatic imine (C=N–C) groups is 1. The Labute approximate surface area is 173 Å². The topological polar surface area (TPSA) is 87.1 Å². The number of piperidine rings is 1. The van der Waals surface area contributed by atoms with E-state index in [1.54, 1.807) is 12.1 Å². The fourth-order valence-electron chi connectivity index (χ4n) is 3.61. The van der Waals surface area contributed by atoms with Crippen LogP contribution in [0.5, 0.6) is 5.75 Å². The molecule has 1 aromatic carbocycles. The van der Waals surface area contributed by atoms with Gasteiger partial charge in [-0.25, -0.2) is 0 Å². The van der Waals surface area contributed by atoms with Crippen molar-refractivity contribution in [3.63, 3.8) is 0 Å². The SMILES string of the molecule is NN=C(C=NCc1ncccc1C(F)(F)F)CN1CCC(c2cccc(O)c2)CC1. The highest BCUT2D eigenvalue weighted by Crippen LogP contribution is 2.31. The van der Waals surface area contributed by atoms with Gasteiger partial charge < -0.3 is 10.9 Å².